The number of nitrogens with two attached hydrogens (primary N) is 1. The fourth-order valence-electron chi connectivity index (χ4n) is 2.18. The van der Waals surface area contributed by atoms with Crippen molar-refractivity contribution >= 4 is 11.7 Å². The lowest BCUT2D eigenvalue weighted by Crippen LogP contribution is -2.34. The lowest BCUT2D eigenvalue weighted by Gasteiger charge is -2.16. The van der Waals surface area contributed by atoms with E-state index in [0.29, 0.717) is 24.5 Å². The summed E-state index contributed by atoms with van der Waals surface area (Å²) in [5.74, 6) is 0.653. The van der Waals surface area contributed by atoms with Gasteiger partial charge >= 0.3 is 6.03 Å². The molecule has 1 aliphatic rings. The van der Waals surface area contributed by atoms with Crippen LogP contribution in [0.4, 0.5) is 10.5 Å². The predicted molar refractivity (Wildman–Crippen MR) is 75.4 cm³/mol. The quantitative estimate of drug-likeness (QED) is 0.734. The summed E-state index contributed by atoms with van der Waals surface area (Å²) < 4.78 is 5.18. The highest BCUT2D eigenvalue weighted by molar-refractivity contribution is 5.90. The summed E-state index contributed by atoms with van der Waals surface area (Å²) in [6, 6.07) is 7.14. The highest BCUT2D eigenvalue weighted by Gasteiger charge is 2.41. The van der Waals surface area contributed by atoms with E-state index in [9.17, 15) is 4.79 Å². The van der Waals surface area contributed by atoms with Crippen molar-refractivity contribution in [3.63, 3.8) is 0 Å². The normalized spacial score (nSPS) is 15.7. The molecule has 1 aliphatic carbocycles. The van der Waals surface area contributed by atoms with Crippen LogP contribution in [0.25, 0.3) is 0 Å². The smallest absolute Gasteiger partial charge is 0.319 e. The molecule has 2 rings (SSSR count). The number of rotatable bonds is 6. The standard InChI is InChI=1S/C14H21N3O2/c1-19-12-5-3-2-4-11(12)17-13(18)16-10-14(6-7-14)8-9-15/h2-5H,6-10,15H2,1H3,(H2,16,17,18). The highest BCUT2D eigenvalue weighted by Crippen LogP contribution is 2.47. The Labute approximate surface area is 113 Å². The van der Waals surface area contributed by atoms with E-state index in [2.05, 4.69) is 10.6 Å². The third kappa shape index (κ3) is 3.61. The van der Waals surface area contributed by atoms with Gasteiger partial charge in [0.15, 0.2) is 0 Å². The number of urea groups is 1. The van der Waals surface area contributed by atoms with Gasteiger partial charge in [-0.1, -0.05) is 12.1 Å². The Morgan fingerprint density at radius 1 is 1.42 bits per heavy atom. The third-order valence-corrected chi connectivity index (χ3v) is 3.61. The number of carbonyl (C=O) groups excluding carboxylic acids is 1. The number of ether oxygens (including phenoxy) is 1. The monoisotopic (exact) mass is 263 g/mol. The van der Waals surface area contributed by atoms with Crippen LogP contribution in [0.2, 0.25) is 0 Å². The van der Waals surface area contributed by atoms with Crippen molar-refractivity contribution in [3.8, 4) is 5.75 Å². The van der Waals surface area contributed by atoms with E-state index >= 15 is 0 Å². The van der Waals surface area contributed by atoms with Crippen LogP contribution in [0.5, 0.6) is 5.75 Å². The Hall–Kier alpha value is -1.75. The minimum Gasteiger partial charge on any atom is -0.495 e. The molecule has 0 saturated heterocycles. The van der Waals surface area contributed by atoms with Crippen LogP contribution in [-0.4, -0.2) is 26.2 Å². The molecule has 5 heteroatoms. The summed E-state index contributed by atoms with van der Waals surface area (Å²) >= 11 is 0. The minimum atomic E-state index is -0.201. The van der Waals surface area contributed by atoms with Crippen molar-refractivity contribution in [2.45, 2.75) is 19.3 Å². The van der Waals surface area contributed by atoms with Gasteiger partial charge in [0.1, 0.15) is 5.75 Å². The molecule has 5 nitrogen and oxygen atoms in total. The molecule has 0 atom stereocenters. The SMILES string of the molecule is COc1ccccc1NC(=O)NCC1(CCN)CC1. The minimum absolute atomic E-state index is 0.201. The van der Waals surface area contributed by atoms with E-state index in [0.717, 1.165) is 19.3 Å². The molecular weight excluding hydrogens is 242 g/mol. The Morgan fingerprint density at radius 3 is 2.79 bits per heavy atom. The van der Waals surface area contributed by atoms with Gasteiger partial charge in [-0.05, 0) is 43.4 Å². The van der Waals surface area contributed by atoms with Gasteiger partial charge in [0.2, 0.25) is 0 Å². The zero-order chi connectivity index (χ0) is 13.7. The summed E-state index contributed by atoms with van der Waals surface area (Å²) in [4.78, 5) is 11.9. The second-order valence-electron chi connectivity index (χ2n) is 5.05. The number of methoxy groups -OCH3 is 1. The molecule has 0 heterocycles. The number of nitrogens with one attached hydrogen (secondary N) is 2. The second-order valence-corrected chi connectivity index (χ2v) is 5.05. The Kier molecular flexibility index (Phi) is 4.27. The molecule has 1 fully saturated rings. The Balaban J connectivity index is 1.84. The van der Waals surface area contributed by atoms with Gasteiger partial charge in [0.05, 0.1) is 12.8 Å². The van der Waals surface area contributed by atoms with E-state index in [4.69, 9.17) is 10.5 Å². The molecule has 1 saturated carbocycles. The van der Waals surface area contributed by atoms with E-state index in [1.165, 1.54) is 0 Å². The average Bonchev–Trinajstić information content (AvgIpc) is 3.18. The molecule has 0 aromatic heterocycles. The highest BCUT2D eigenvalue weighted by atomic mass is 16.5. The molecular formula is C14H21N3O2. The topological polar surface area (TPSA) is 76.4 Å². The van der Waals surface area contributed by atoms with Crippen LogP contribution in [0.15, 0.2) is 24.3 Å². The van der Waals surface area contributed by atoms with Gasteiger partial charge in [-0.2, -0.15) is 0 Å². The first kappa shape index (κ1) is 13.7. The summed E-state index contributed by atoms with van der Waals surface area (Å²) in [5, 5.41) is 5.71. The molecule has 0 spiro atoms. The average molecular weight is 263 g/mol. The number of anilines is 1. The molecule has 4 N–H and O–H groups in total. The van der Waals surface area contributed by atoms with Crippen LogP contribution in [0.3, 0.4) is 0 Å². The summed E-state index contributed by atoms with van der Waals surface area (Å²) in [6.45, 7) is 1.36. The number of amides is 2. The molecule has 1 aromatic carbocycles. The van der Waals surface area contributed by atoms with Gasteiger partial charge < -0.3 is 21.1 Å². The van der Waals surface area contributed by atoms with Gasteiger partial charge in [0.25, 0.3) is 0 Å². The van der Waals surface area contributed by atoms with Gasteiger partial charge in [-0.3, -0.25) is 0 Å². The maximum absolute atomic E-state index is 11.9. The maximum Gasteiger partial charge on any atom is 0.319 e. The van der Waals surface area contributed by atoms with Gasteiger partial charge in [0, 0.05) is 6.54 Å². The fraction of sp³-hybridized carbons (Fsp3) is 0.500. The molecule has 0 aliphatic heterocycles. The maximum atomic E-state index is 11.9. The van der Waals surface area contributed by atoms with Crippen molar-refractivity contribution < 1.29 is 9.53 Å². The molecule has 0 radical (unpaired) electrons. The van der Waals surface area contributed by atoms with Crippen LogP contribution >= 0.6 is 0 Å². The third-order valence-electron chi connectivity index (χ3n) is 3.61. The van der Waals surface area contributed by atoms with Crippen LogP contribution in [-0.2, 0) is 0 Å². The lowest BCUT2D eigenvalue weighted by molar-refractivity contribution is 0.249. The van der Waals surface area contributed by atoms with E-state index in [1.807, 2.05) is 24.3 Å². The predicted octanol–water partition coefficient (Wildman–Crippen LogP) is 1.95. The number of hydrogen-bond donors (Lipinski definition) is 3. The van der Waals surface area contributed by atoms with Crippen molar-refractivity contribution in [2.24, 2.45) is 11.1 Å². The first-order valence-electron chi connectivity index (χ1n) is 6.57. The Morgan fingerprint density at radius 2 is 2.16 bits per heavy atom. The first-order valence-corrected chi connectivity index (χ1v) is 6.57. The van der Waals surface area contributed by atoms with E-state index < -0.39 is 0 Å². The Bertz CT molecular complexity index is 444. The molecule has 104 valence electrons. The lowest BCUT2D eigenvalue weighted by atomic mass is 10.0. The second kappa shape index (κ2) is 5.93. The van der Waals surface area contributed by atoms with Crippen LogP contribution in [0, 0.1) is 5.41 Å². The largest absolute Gasteiger partial charge is 0.495 e. The number of para-hydroxylation sites is 2. The number of carbonyl (C=O) groups is 1. The zero-order valence-electron chi connectivity index (χ0n) is 11.2. The molecule has 1 aromatic rings. The van der Waals surface area contributed by atoms with Crippen molar-refractivity contribution in [3.05, 3.63) is 24.3 Å². The van der Waals surface area contributed by atoms with Crippen molar-refractivity contribution in [1.82, 2.24) is 5.32 Å². The molecule has 19 heavy (non-hydrogen) atoms. The van der Waals surface area contributed by atoms with Crippen LogP contribution < -0.4 is 21.1 Å². The van der Waals surface area contributed by atoms with Gasteiger partial charge in [-0.15, -0.1) is 0 Å². The molecule has 0 bridgehead atoms. The van der Waals surface area contributed by atoms with Gasteiger partial charge in [-0.25, -0.2) is 4.79 Å². The first-order chi connectivity index (χ1) is 9.19. The number of hydrogen-bond acceptors (Lipinski definition) is 3. The summed E-state index contributed by atoms with van der Waals surface area (Å²) in [6.07, 6.45) is 3.28. The van der Waals surface area contributed by atoms with E-state index in [1.54, 1.807) is 7.11 Å². The fourth-order valence-corrected chi connectivity index (χ4v) is 2.18. The summed E-state index contributed by atoms with van der Waals surface area (Å²) in [5.41, 5.74) is 6.49. The van der Waals surface area contributed by atoms with Crippen molar-refractivity contribution in [2.75, 3.05) is 25.5 Å². The molecule has 2 amide bonds. The van der Waals surface area contributed by atoms with E-state index in [-0.39, 0.29) is 11.4 Å². The number of benzene rings is 1. The summed E-state index contributed by atoms with van der Waals surface area (Å²) in [7, 11) is 1.58. The zero-order valence-corrected chi connectivity index (χ0v) is 11.2. The van der Waals surface area contributed by atoms with Crippen LogP contribution in [0.1, 0.15) is 19.3 Å². The molecule has 0 unspecified atom stereocenters. The van der Waals surface area contributed by atoms with Crippen molar-refractivity contribution in [1.29, 1.82) is 0 Å².